The Labute approximate surface area is 119 Å². The van der Waals surface area contributed by atoms with Crippen molar-refractivity contribution >= 4 is 27.5 Å². The van der Waals surface area contributed by atoms with Gasteiger partial charge in [-0.25, -0.2) is 4.68 Å². The number of hydrogen-bond donors (Lipinski definition) is 1. The predicted molar refractivity (Wildman–Crippen MR) is 76.2 cm³/mol. The van der Waals surface area contributed by atoms with E-state index >= 15 is 0 Å². The molecular weight excluding hydrogens is 312 g/mol. The number of piperidine rings is 1. The molecule has 0 bridgehead atoms. The number of hydrogen-bond acceptors (Lipinski definition) is 4. The molecule has 1 saturated heterocycles. The van der Waals surface area contributed by atoms with E-state index in [0.29, 0.717) is 29.7 Å². The summed E-state index contributed by atoms with van der Waals surface area (Å²) >= 11 is 3.31. The Bertz CT molecular complexity index is 543. The van der Waals surface area contributed by atoms with Crippen molar-refractivity contribution in [3.8, 4) is 0 Å². The third-order valence-electron chi connectivity index (χ3n) is 3.27. The van der Waals surface area contributed by atoms with Crippen molar-refractivity contribution in [1.29, 1.82) is 0 Å². The lowest BCUT2D eigenvalue weighted by atomic mass is 10.1. The van der Waals surface area contributed by atoms with E-state index in [1.54, 1.807) is 18.1 Å². The van der Waals surface area contributed by atoms with Gasteiger partial charge >= 0.3 is 0 Å². The Kier molecular flexibility index (Phi) is 4.24. The first-order valence-electron chi connectivity index (χ1n) is 6.29. The van der Waals surface area contributed by atoms with Gasteiger partial charge in [0.05, 0.1) is 11.9 Å². The molecule has 6 nitrogen and oxygen atoms in total. The van der Waals surface area contributed by atoms with Crippen molar-refractivity contribution in [2.45, 2.75) is 32.4 Å². The average molecular weight is 329 g/mol. The van der Waals surface area contributed by atoms with Crippen LogP contribution in [0.4, 0.5) is 5.69 Å². The van der Waals surface area contributed by atoms with Gasteiger partial charge in [-0.1, -0.05) is 0 Å². The number of carbonyl (C=O) groups is 1. The molecule has 0 spiro atoms. The fourth-order valence-electron chi connectivity index (χ4n) is 2.14. The summed E-state index contributed by atoms with van der Waals surface area (Å²) in [5.74, 6) is 0.164. The summed E-state index contributed by atoms with van der Waals surface area (Å²) in [6.07, 6.45) is 2.95. The third kappa shape index (κ3) is 2.97. The molecule has 0 aliphatic carbocycles. The lowest BCUT2D eigenvalue weighted by Gasteiger charge is -2.30. The van der Waals surface area contributed by atoms with Crippen molar-refractivity contribution in [3.63, 3.8) is 0 Å². The smallest absolute Gasteiger partial charge is 0.283 e. The molecule has 1 amide bonds. The molecule has 104 valence electrons. The lowest BCUT2D eigenvalue weighted by molar-refractivity contribution is -0.132. The van der Waals surface area contributed by atoms with Gasteiger partial charge in [0.15, 0.2) is 0 Å². The molecule has 1 N–H and O–H groups in total. The highest BCUT2D eigenvalue weighted by Crippen LogP contribution is 2.20. The van der Waals surface area contributed by atoms with Gasteiger partial charge < -0.3 is 10.2 Å². The number of aryl methyl sites for hydroxylation is 1. The normalized spacial score (nSPS) is 19.6. The van der Waals surface area contributed by atoms with Crippen LogP contribution in [-0.4, -0.2) is 40.2 Å². The molecule has 2 rings (SSSR count). The van der Waals surface area contributed by atoms with Crippen LogP contribution in [0, 0.1) is 0 Å². The molecule has 19 heavy (non-hydrogen) atoms. The fourth-order valence-corrected chi connectivity index (χ4v) is 2.56. The largest absolute Gasteiger partial charge is 0.378 e. The second-order valence-electron chi connectivity index (χ2n) is 4.65. The van der Waals surface area contributed by atoms with Crippen LogP contribution in [0.1, 0.15) is 19.8 Å². The summed E-state index contributed by atoms with van der Waals surface area (Å²) in [4.78, 5) is 25.1. The number of halogens is 1. The number of likely N-dealkylation sites (N-methyl/N-ethyl adjacent to an activating group) is 1. The highest BCUT2D eigenvalue weighted by atomic mass is 79.9. The van der Waals surface area contributed by atoms with E-state index in [1.807, 2.05) is 6.92 Å². The van der Waals surface area contributed by atoms with Gasteiger partial charge in [-0.15, -0.1) is 0 Å². The van der Waals surface area contributed by atoms with E-state index < -0.39 is 0 Å². The van der Waals surface area contributed by atoms with E-state index in [-0.39, 0.29) is 17.5 Å². The van der Waals surface area contributed by atoms with Crippen LogP contribution in [-0.2, 0) is 11.3 Å². The second kappa shape index (κ2) is 5.73. The second-order valence-corrected chi connectivity index (χ2v) is 5.44. The highest BCUT2D eigenvalue weighted by molar-refractivity contribution is 9.10. The molecule has 0 saturated carbocycles. The summed E-state index contributed by atoms with van der Waals surface area (Å²) in [5.41, 5.74) is 0.537. The zero-order valence-electron chi connectivity index (χ0n) is 11.0. The lowest BCUT2D eigenvalue weighted by Crippen LogP contribution is -2.43. The van der Waals surface area contributed by atoms with Crippen molar-refractivity contribution in [1.82, 2.24) is 14.7 Å². The van der Waals surface area contributed by atoms with Crippen LogP contribution in [0.15, 0.2) is 15.5 Å². The van der Waals surface area contributed by atoms with Gasteiger partial charge in [-0.05, 0) is 29.3 Å². The third-order valence-corrected chi connectivity index (χ3v) is 4.04. The van der Waals surface area contributed by atoms with E-state index in [0.717, 1.165) is 6.42 Å². The van der Waals surface area contributed by atoms with E-state index in [9.17, 15) is 9.59 Å². The Morgan fingerprint density at radius 2 is 2.26 bits per heavy atom. The Morgan fingerprint density at radius 3 is 2.89 bits per heavy atom. The maximum Gasteiger partial charge on any atom is 0.283 e. The monoisotopic (exact) mass is 328 g/mol. The summed E-state index contributed by atoms with van der Waals surface area (Å²) in [7, 11) is 1.79. The summed E-state index contributed by atoms with van der Waals surface area (Å²) in [6.45, 7) is 3.05. The molecule has 1 aliphatic heterocycles. The topological polar surface area (TPSA) is 67.2 Å². The SMILES string of the molecule is CCn1ncc(NC2CCC(=O)N(C)C2)c(Br)c1=O. The predicted octanol–water partition coefficient (Wildman–Crippen LogP) is 1.06. The number of anilines is 1. The molecule has 7 heteroatoms. The van der Waals surface area contributed by atoms with Crippen LogP contribution in [0.3, 0.4) is 0 Å². The van der Waals surface area contributed by atoms with Gasteiger partial charge in [0, 0.05) is 32.6 Å². The minimum Gasteiger partial charge on any atom is -0.378 e. The Balaban J connectivity index is 2.14. The van der Waals surface area contributed by atoms with E-state index in [4.69, 9.17) is 0 Å². The fraction of sp³-hybridized carbons (Fsp3) is 0.583. The zero-order chi connectivity index (χ0) is 14.0. The molecular formula is C12H17BrN4O2. The van der Waals surface area contributed by atoms with E-state index in [1.165, 1.54) is 4.68 Å². The molecule has 0 radical (unpaired) electrons. The first-order valence-corrected chi connectivity index (χ1v) is 7.08. The van der Waals surface area contributed by atoms with Crippen molar-refractivity contribution in [2.24, 2.45) is 0 Å². The van der Waals surface area contributed by atoms with Gasteiger partial charge in [0.2, 0.25) is 5.91 Å². The standard InChI is InChI=1S/C12H17BrN4O2/c1-3-17-12(19)11(13)9(6-14-17)15-8-4-5-10(18)16(2)7-8/h6,8,15H,3-5,7H2,1-2H3. The molecule has 2 heterocycles. The van der Waals surface area contributed by atoms with Crippen molar-refractivity contribution < 1.29 is 4.79 Å². The van der Waals surface area contributed by atoms with Crippen LogP contribution >= 0.6 is 15.9 Å². The highest BCUT2D eigenvalue weighted by Gasteiger charge is 2.23. The molecule has 1 aliphatic rings. The molecule has 1 aromatic rings. The molecule has 1 atom stereocenters. The van der Waals surface area contributed by atoms with Crippen LogP contribution in [0.25, 0.3) is 0 Å². The first-order chi connectivity index (χ1) is 9.02. The number of nitrogens with zero attached hydrogens (tertiary/aromatic N) is 3. The van der Waals surface area contributed by atoms with Crippen LogP contribution in [0.2, 0.25) is 0 Å². The Morgan fingerprint density at radius 1 is 1.53 bits per heavy atom. The van der Waals surface area contributed by atoms with Crippen molar-refractivity contribution in [2.75, 3.05) is 18.9 Å². The van der Waals surface area contributed by atoms with Gasteiger partial charge in [0.25, 0.3) is 5.56 Å². The zero-order valence-corrected chi connectivity index (χ0v) is 12.6. The number of likely N-dealkylation sites (tertiary alicyclic amines) is 1. The summed E-state index contributed by atoms with van der Waals surface area (Å²) < 4.78 is 1.88. The maximum atomic E-state index is 11.9. The number of aromatic nitrogens is 2. The molecule has 0 aromatic carbocycles. The van der Waals surface area contributed by atoms with Crippen LogP contribution in [0.5, 0.6) is 0 Å². The number of nitrogens with one attached hydrogen (secondary N) is 1. The van der Waals surface area contributed by atoms with Crippen LogP contribution < -0.4 is 10.9 Å². The number of carbonyl (C=O) groups excluding carboxylic acids is 1. The van der Waals surface area contributed by atoms with E-state index in [2.05, 4.69) is 26.3 Å². The van der Waals surface area contributed by atoms with Gasteiger partial charge in [0.1, 0.15) is 4.47 Å². The number of amides is 1. The van der Waals surface area contributed by atoms with Crippen molar-refractivity contribution in [3.05, 3.63) is 21.0 Å². The van der Waals surface area contributed by atoms with Gasteiger partial charge in [-0.2, -0.15) is 5.10 Å². The maximum absolute atomic E-state index is 11.9. The Hall–Kier alpha value is -1.37. The minimum absolute atomic E-state index is 0.146. The summed E-state index contributed by atoms with van der Waals surface area (Å²) in [6, 6.07) is 0.151. The number of rotatable bonds is 3. The summed E-state index contributed by atoms with van der Waals surface area (Å²) in [5, 5.41) is 7.36. The molecule has 1 unspecified atom stereocenters. The minimum atomic E-state index is -0.146. The molecule has 1 aromatic heterocycles. The first kappa shape index (κ1) is 14.0. The average Bonchev–Trinajstić information content (AvgIpc) is 2.40. The quantitative estimate of drug-likeness (QED) is 0.900. The van der Waals surface area contributed by atoms with Gasteiger partial charge in [-0.3, -0.25) is 9.59 Å². The molecule has 1 fully saturated rings.